The first-order valence-electron chi connectivity index (χ1n) is 5.76. The molecule has 0 aliphatic heterocycles. The maximum atomic E-state index is 13.5. The van der Waals surface area contributed by atoms with Crippen molar-refractivity contribution in [3.63, 3.8) is 0 Å². The summed E-state index contributed by atoms with van der Waals surface area (Å²) in [5.41, 5.74) is 1.66. The Hall–Kier alpha value is -1.42. The van der Waals surface area contributed by atoms with Crippen molar-refractivity contribution in [2.45, 2.75) is 19.4 Å². The quantitative estimate of drug-likeness (QED) is 0.863. The summed E-state index contributed by atoms with van der Waals surface area (Å²) < 4.78 is 14.3. The summed E-state index contributed by atoms with van der Waals surface area (Å²) in [6.45, 7) is 2.02. The zero-order chi connectivity index (χ0) is 13.0. The third-order valence-electron chi connectivity index (χ3n) is 2.62. The van der Waals surface area contributed by atoms with Gasteiger partial charge in [0.25, 0.3) is 0 Å². The van der Waals surface area contributed by atoms with Crippen LogP contribution in [0.3, 0.4) is 0 Å². The van der Waals surface area contributed by atoms with Crippen LogP contribution in [0.15, 0.2) is 47.2 Å². The van der Waals surface area contributed by atoms with Gasteiger partial charge in [0, 0.05) is 6.04 Å². The van der Waals surface area contributed by atoms with Gasteiger partial charge < -0.3 is 5.32 Å². The van der Waals surface area contributed by atoms with Crippen molar-refractivity contribution in [1.29, 1.82) is 0 Å². The van der Waals surface area contributed by atoms with Crippen molar-refractivity contribution in [2.24, 2.45) is 0 Å². The summed E-state index contributed by atoms with van der Waals surface area (Å²) in [5.74, 6) is -0.153. The van der Waals surface area contributed by atoms with Crippen LogP contribution in [0, 0.1) is 5.82 Å². The van der Waals surface area contributed by atoms with E-state index in [0.717, 1.165) is 15.9 Å². The monoisotopic (exact) mass is 308 g/mol. The van der Waals surface area contributed by atoms with Gasteiger partial charge in [0.05, 0.1) is 11.9 Å². The predicted octanol–water partition coefficient (Wildman–Crippen LogP) is 4.03. The molecule has 2 nitrogen and oxygen atoms in total. The van der Waals surface area contributed by atoms with Crippen molar-refractivity contribution in [3.05, 3.63) is 58.6 Å². The highest BCUT2D eigenvalue weighted by Crippen LogP contribution is 2.14. The number of hydrogen-bond donors (Lipinski definition) is 1. The number of aromatic nitrogens is 1. The normalized spacial score (nSPS) is 12.2. The Morgan fingerprint density at radius 2 is 2.06 bits per heavy atom. The SMILES string of the molecule is CC(Cc1ccccc1F)Nc1ccc(Br)nc1. The fourth-order valence-electron chi connectivity index (χ4n) is 1.79. The van der Waals surface area contributed by atoms with Crippen LogP contribution in [-0.4, -0.2) is 11.0 Å². The zero-order valence-corrected chi connectivity index (χ0v) is 11.6. The fraction of sp³-hybridized carbons (Fsp3) is 0.214. The van der Waals surface area contributed by atoms with E-state index in [2.05, 4.69) is 26.2 Å². The first-order chi connectivity index (χ1) is 8.65. The van der Waals surface area contributed by atoms with Gasteiger partial charge in [-0.05, 0) is 53.0 Å². The molecule has 18 heavy (non-hydrogen) atoms. The molecule has 0 spiro atoms. The van der Waals surface area contributed by atoms with Crippen LogP contribution in [0.5, 0.6) is 0 Å². The number of halogens is 2. The molecule has 1 unspecified atom stereocenters. The number of pyridine rings is 1. The standard InChI is InChI=1S/C14H14BrFN2/c1-10(8-11-4-2-3-5-13(11)16)18-12-6-7-14(15)17-9-12/h2-7,9-10,18H,8H2,1H3. The third kappa shape index (κ3) is 3.53. The highest BCUT2D eigenvalue weighted by Gasteiger charge is 2.07. The fourth-order valence-corrected chi connectivity index (χ4v) is 2.03. The lowest BCUT2D eigenvalue weighted by Gasteiger charge is -2.15. The van der Waals surface area contributed by atoms with Gasteiger partial charge in [0.1, 0.15) is 10.4 Å². The van der Waals surface area contributed by atoms with Crippen molar-refractivity contribution >= 4 is 21.6 Å². The molecule has 4 heteroatoms. The number of nitrogens with zero attached hydrogens (tertiary/aromatic N) is 1. The molecule has 0 aliphatic rings. The Kier molecular flexibility index (Phi) is 4.31. The minimum Gasteiger partial charge on any atom is -0.381 e. The van der Waals surface area contributed by atoms with E-state index in [1.165, 1.54) is 6.07 Å². The van der Waals surface area contributed by atoms with Crippen LogP contribution >= 0.6 is 15.9 Å². The maximum absolute atomic E-state index is 13.5. The van der Waals surface area contributed by atoms with Crippen molar-refractivity contribution < 1.29 is 4.39 Å². The minimum atomic E-state index is -0.153. The van der Waals surface area contributed by atoms with E-state index in [4.69, 9.17) is 0 Å². The van der Waals surface area contributed by atoms with E-state index in [1.807, 2.05) is 31.2 Å². The maximum Gasteiger partial charge on any atom is 0.126 e. The Morgan fingerprint density at radius 3 is 2.72 bits per heavy atom. The molecule has 1 heterocycles. The second-order valence-corrected chi connectivity index (χ2v) is 5.02. The second kappa shape index (κ2) is 5.96. The highest BCUT2D eigenvalue weighted by molar-refractivity contribution is 9.10. The van der Waals surface area contributed by atoms with Gasteiger partial charge in [-0.15, -0.1) is 0 Å². The summed E-state index contributed by atoms with van der Waals surface area (Å²) in [6.07, 6.45) is 2.39. The molecular weight excluding hydrogens is 295 g/mol. The van der Waals surface area contributed by atoms with Gasteiger partial charge in [-0.1, -0.05) is 18.2 Å². The lowest BCUT2D eigenvalue weighted by atomic mass is 10.1. The van der Waals surface area contributed by atoms with E-state index < -0.39 is 0 Å². The van der Waals surface area contributed by atoms with Crippen LogP contribution in [0.1, 0.15) is 12.5 Å². The molecular formula is C14H14BrFN2. The van der Waals surface area contributed by atoms with Gasteiger partial charge in [-0.3, -0.25) is 0 Å². The molecule has 0 aliphatic carbocycles. The van der Waals surface area contributed by atoms with Crippen LogP contribution in [-0.2, 0) is 6.42 Å². The first-order valence-corrected chi connectivity index (χ1v) is 6.56. The predicted molar refractivity (Wildman–Crippen MR) is 75.1 cm³/mol. The van der Waals surface area contributed by atoms with E-state index in [9.17, 15) is 4.39 Å². The molecule has 0 saturated carbocycles. The average Bonchev–Trinajstić information content (AvgIpc) is 2.35. The summed E-state index contributed by atoms with van der Waals surface area (Å²) in [5, 5.41) is 3.29. The van der Waals surface area contributed by atoms with E-state index in [0.29, 0.717) is 6.42 Å². The summed E-state index contributed by atoms with van der Waals surface area (Å²) in [7, 11) is 0. The average molecular weight is 309 g/mol. The van der Waals surface area contributed by atoms with E-state index in [-0.39, 0.29) is 11.9 Å². The molecule has 0 amide bonds. The molecule has 1 atom stereocenters. The summed E-state index contributed by atoms with van der Waals surface area (Å²) in [4.78, 5) is 4.14. The zero-order valence-electron chi connectivity index (χ0n) is 10.0. The van der Waals surface area contributed by atoms with Gasteiger partial charge in [-0.25, -0.2) is 9.37 Å². The summed E-state index contributed by atoms with van der Waals surface area (Å²) >= 11 is 3.29. The Labute approximate surface area is 114 Å². The Bertz CT molecular complexity index is 513. The molecule has 0 saturated heterocycles. The molecule has 0 bridgehead atoms. The van der Waals surface area contributed by atoms with Crippen molar-refractivity contribution in [1.82, 2.24) is 4.98 Å². The van der Waals surface area contributed by atoms with Crippen LogP contribution in [0.25, 0.3) is 0 Å². The topological polar surface area (TPSA) is 24.9 Å². The molecule has 94 valence electrons. The lowest BCUT2D eigenvalue weighted by Crippen LogP contribution is -2.18. The lowest BCUT2D eigenvalue weighted by molar-refractivity contribution is 0.601. The smallest absolute Gasteiger partial charge is 0.126 e. The number of nitrogens with one attached hydrogen (secondary N) is 1. The highest BCUT2D eigenvalue weighted by atomic mass is 79.9. The number of benzene rings is 1. The van der Waals surface area contributed by atoms with Gasteiger partial charge in [0.2, 0.25) is 0 Å². The number of anilines is 1. The van der Waals surface area contributed by atoms with Crippen molar-refractivity contribution in [2.75, 3.05) is 5.32 Å². The molecule has 1 aromatic heterocycles. The third-order valence-corrected chi connectivity index (χ3v) is 3.09. The van der Waals surface area contributed by atoms with Crippen LogP contribution in [0.2, 0.25) is 0 Å². The summed E-state index contributed by atoms with van der Waals surface area (Å²) in [6, 6.07) is 10.8. The van der Waals surface area contributed by atoms with Crippen LogP contribution in [0.4, 0.5) is 10.1 Å². The van der Waals surface area contributed by atoms with E-state index >= 15 is 0 Å². The first kappa shape index (κ1) is 13.0. The number of hydrogen-bond acceptors (Lipinski definition) is 2. The molecule has 1 aromatic carbocycles. The minimum absolute atomic E-state index is 0.143. The van der Waals surface area contributed by atoms with Crippen LogP contribution < -0.4 is 5.32 Å². The molecule has 1 N–H and O–H groups in total. The second-order valence-electron chi connectivity index (χ2n) is 4.21. The Balaban J connectivity index is 1.99. The number of rotatable bonds is 4. The van der Waals surface area contributed by atoms with E-state index in [1.54, 1.807) is 12.3 Å². The Morgan fingerprint density at radius 1 is 1.28 bits per heavy atom. The molecule has 2 rings (SSSR count). The molecule has 0 radical (unpaired) electrons. The molecule has 0 fully saturated rings. The van der Waals surface area contributed by atoms with Crippen molar-refractivity contribution in [3.8, 4) is 0 Å². The van der Waals surface area contributed by atoms with Gasteiger partial charge >= 0.3 is 0 Å². The largest absolute Gasteiger partial charge is 0.381 e. The molecule has 2 aromatic rings. The van der Waals surface area contributed by atoms with Gasteiger partial charge in [-0.2, -0.15) is 0 Å². The van der Waals surface area contributed by atoms with Gasteiger partial charge in [0.15, 0.2) is 0 Å².